The zero-order chi connectivity index (χ0) is 9.59. The first-order valence-electron chi connectivity index (χ1n) is 4.75. The second-order valence-corrected chi connectivity index (χ2v) is 4.13. The minimum atomic E-state index is -0.0613. The van der Waals surface area contributed by atoms with Crippen LogP contribution in [0.1, 0.15) is 19.3 Å². The van der Waals surface area contributed by atoms with E-state index in [0.29, 0.717) is 6.04 Å². The quantitative estimate of drug-likeness (QED) is 0.490. The molecule has 72 valence electrons. The van der Waals surface area contributed by atoms with Crippen molar-refractivity contribution in [3.63, 3.8) is 0 Å². The monoisotopic (exact) mass is 183 g/mol. The van der Waals surface area contributed by atoms with Gasteiger partial charge in [0.25, 0.3) is 0 Å². The summed E-state index contributed by atoms with van der Waals surface area (Å²) in [5.41, 5.74) is 3.96. The number of hydrogen-bond acceptors (Lipinski definition) is 2. The van der Waals surface area contributed by atoms with Crippen LogP contribution in [0.2, 0.25) is 0 Å². The molecule has 2 fully saturated rings. The molecule has 3 atom stereocenters. The first-order chi connectivity index (χ1) is 6.11. The molecular formula is C9H15N2O2+. The van der Waals surface area contributed by atoms with E-state index in [0.717, 1.165) is 19.3 Å². The Bertz CT molecular complexity index is 264. The number of quaternary nitrogens is 1. The lowest BCUT2D eigenvalue weighted by molar-refractivity contribution is -0.427. The van der Waals surface area contributed by atoms with E-state index in [-0.39, 0.29) is 23.7 Å². The van der Waals surface area contributed by atoms with E-state index in [2.05, 4.69) is 5.73 Å². The molecule has 0 aromatic carbocycles. The van der Waals surface area contributed by atoms with Gasteiger partial charge >= 0.3 is 0 Å². The summed E-state index contributed by atoms with van der Waals surface area (Å²) < 4.78 is 0. The maximum atomic E-state index is 11.6. The van der Waals surface area contributed by atoms with Gasteiger partial charge in [-0.1, -0.05) is 0 Å². The number of carbonyl (C=O) groups is 2. The van der Waals surface area contributed by atoms with E-state index in [1.807, 2.05) is 0 Å². The number of imide groups is 1. The minimum absolute atomic E-state index is 0.00310. The van der Waals surface area contributed by atoms with Crippen molar-refractivity contribution in [2.24, 2.45) is 11.8 Å². The van der Waals surface area contributed by atoms with Crippen LogP contribution in [-0.4, -0.2) is 29.8 Å². The number of fused-ring (bicyclic) bond motifs is 1. The predicted molar refractivity (Wildman–Crippen MR) is 45.3 cm³/mol. The van der Waals surface area contributed by atoms with Crippen LogP contribution in [0.5, 0.6) is 0 Å². The Morgan fingerprint density at radius 1 is 1.23 bits per heavy atom. The topological polar surface area (TPSA) is 65.0 Å². The molecular weight excluding hydrogens is 168 g/mol. The second-order valence-electron chi connectivity index (χ2n) is 4.13. The SMILES string of the molecule is CN1C(=O)[C@H]2C[C@H]([NH3+])CC[C@H]2C1=O. The van der Waals surface area contributed by atoms with Gasteiger partial charge in [-0.25, -0.2) is 0 Å². The third-order valence-corrected chi connectivity index (χ3v) is 3.25. The molecule has 1 saturated heterocycles. The fourth-order valence-electron chi connectivity index (χ4n) is 2.43. The lowest BCUT2D eigenvalue weighted by Gasteiger charge is -2.23. The maximum Gasteiger partial charge on any atom is 0.233 e. The van der Waals surface area contributed by atoms with Crippen LogP contribution in [0.25, 0.3) is 0 Å². The Balaban J connectivity index is 2.22. The summed E-state index contributed by atoms with van der Waals surface area (Å²) in [4.78, 5) is 24.4. The molecule has 2 amide bonds. The molecule has 2 aliphatic rings. The van der Waals surface area contributed by atoms with E-state index in [9.17, 15) is 9.59 Å². The molecule has 4 heteroatoms. The minimum Gasteiger partial charge on any atom is -0.355 e. The fraction of sp³-hybridized carbons (Fsp3) is 0.778. The van der Waals surface area contributed by atoms with Crippen LogP contribution in [0.3, 0.4) is 0 Å². The highest BCUT2D eigenvalue weighted by Gasteiger charge is 2.48. The first kappa shape index (κ1) is 8.69. The van der Waals surface area contributed by atoms with Crippen LogP contribution < -0.4 is 5.73 Å². The van der Waals surface area contributed by atoms with Crippen LogP contribution in [0.15, 0.2) is 0 Å². The largest absolute Gasteiger partial charge is 0.355 e. The van der Waals surface area contributed by atoms with E-state index in [4.69, 9.17) is 0 Å². The van der Waals surface area contributed by atoms with Crippen molar-refractivity contribution in [3.05, 3.63) is 0 Å². The van der Waals surface area contributed by atoms with E-state index >= 15 is 0 Å². The van der Waals surface area contributed by atoms with Crippen molar-refractivity contribution in [2.45, 2.75) is 25.3 Å². The zero-order valence-electron chi connectivity index (χ0n) is 7.82. The Kier molecular flexibility index (Phi) is 1.87. The summed E-state index contributed by atoms with van der Waals surface area (Å²) in [6.45, 7) is 0. The van der Waals surface area contributed by atoms with Gasteiger partial charge in [-0.3, -0.25) is 14.5 Å². The van der Waals surface area contributed by atoms with Crippen molar-refractivity contribution in [2.75, 3.05) is 7.05 Å². The number of likely N-dealkylation sites (tertiary alicyclic amines) is 1. The van der Waals surface area contributed by atoms with Gasteiger partial charge in [0, 0.05) is 19.9 Å². The molecule has 1 aliphatic carbocycles. The fourth-order valence-corrected chi connectivity index (χ4v) is 2.43. The van der Waals surface area contributed by atoms with Crippen LogP contribution in [0, 0.1) is 11.8 Å². The van der Waals surface area contributed by atoms with E-state index < -0.39 is 0 Å². The van der Waals surface area contributed by atoms with Crippen molar-refractivity contribution in [1.82, 2.24) is 4.90 Å². The highest BCUT2D eigenvalue weighted by atomic mass is 16.2. The van der Waals surface area contributed by atoms with Crippen LogP contribution in [0.4, 0.5) is 0 Å². The molecule has 2 rings (SSSR count). The maximum absolute atomic E-state index is 11.6. The van der Waals surface area contributed by atoms with Gasteiger partial charge in [-0.15, -0.1) is 0 Å². The van der Waals surface area contributed by atoms with Gasteiger partial charge in [0.1, 0.15) is 0 Å². The molecule has 4 nitrogen and oxygen atoms in total. The van der Waals surface area contributed by atoms with Crippen molar-refractivity contribution >= 4 is 11.8 Å². The molecule has 3 N–H and O–H groups in total. The molecule has 1 saturated carbocycles. The highest BCUT2D eigenvalue weighted by Crippen LogP contribution is 2.36. The Labute approximate surface area is 77.1 Å². The molecule has 0 aromatic rings. The zero-order valence-corrected chi connectivity index (χ0v) is 7.82. The summed E-state index contributed by atoms with van der Waals surface area (Å²) in [5.74, 6) is -0.0745. The van der Waals surface area contributed by atoms with Crippen LogP contribution in [-0.2, 0) is 9.59 Å². The van der Waals surface area contributed by atoms with Gasteiger partial charge in [-0.05, 0) is 6.42 Å². The molecule has 0 radical (unpaired) electrons. The van der Waals surface area contributed by atoms with Gasteiger partial charge in [-0.2, -0.15) is 0 Å². The van der Waals surface area contributed by atoms with Gasteiger partial charge < -0.3 is 5.73 Å². The highest BCUT2D eigenvalue weighted by molar-refractivity contribution is 6.04. The summed E-state index contributed by atoms with van der Waals surface area (Å²) in [5, 5.41) is 0. The van der Waals surface area contributed by atoms with E-state index in [1.165, 1.54) is 4.90 Å². The Hall–Kier alpha value is -0.900. The molecule has 0 bridgehead atoms. The van der Waals surface area contributed by atoms with Crippen molar-refractivity contribution in [3.8, 4) is 0 Å². The van der Waals surface area contributed by atoms with Gasteiger partial charge in [0.15, 0.2) is 0 Å². The first-order valence-corrected chi connectivity index (χ1v) is 4.75. The van der Waals surface area contributed by atoms with E-state index in [1.54, 1.807) is 7.05 Å². The van der Waals surface area contributed by atoms with Crippen molar-refractivity contribution < 1.29 is 15.3 Å². The average molecular weight is 183 g/mol. The Morgan fingerprint density at radius 3 is 2.54 bits per heavy atom. The number of nitrogens with zero attached hydrogens (tertiary/aromatic N) is 1. The number of amides is 2. The summed E-state index contributed by atoms with van der Waals surface area (Å²) in [7, 11) is 1.58. The standard InChI is InChI=1S/C9H14N2O2/c1-11-8(12)6-3-2-5(10)4-7(6)9(11)13/h5-7H,2-4,10H2,1H3/p+1/t5-,6-,7+/m1/s1. The molecule has 0 unspecified atom stereocenters. The number of rotatable bonds is 0. The summed E-state index contributed by atoms with van der Waals surface area (Å²) in [6, 6.07) is 0.351. The van der Waals surface area contributed by atoms with Crippen molar-refractivity contribution in [1.29, 1.82) is 0 Å². The average Bonchev–Trinajstić information content (AvgIpc) is 2.32. The normalized spacial score (nSPS) is 39.5. The lowest BCUT2D eigenvalue weighted by atomic mass is 9.79. The molecule has 0 spiro atoms. The summed E-state index contributed by atoms with van der Waals surface area (Å²) in [6.07, 6.45) is 2.61. The van der Waals surface area contributed by atoms with Crippen LogP contribution >= 0.6 is 0 Å². The molecule has 1 aliphatic heterocycles. The lowest BCUT2D eigenvalue weighted by Crippen LogP contribution is -2.63. The second kappa shape index (κ2) is 2.80. The number of carbonyl (C=O) groups excluding carboxylic acids is 2. The predicted octanol–water partition coefficient (Wildman–Crippen LogP) is -0.988. The Morgan fingerprint density at radius 2 is 1.85 bits per heavy atom. The number of hydrogen-bond donors (Lipinski definition) is 1. The smallest absolute Gasteiger partial charge is 0.233 e. The molecule has 1 heterocycles. The molecule has 0 aromatic heterocycles. The molecule has 13 heavy (non-hydrogen) atoms. The third-order valence-electron chi connectivity index (χ3n) is 3.25. The van der Waals surface area contributed by atoms with Gasteiger partial charge in [0.05, 0.1) is 17.9 Å². The summed E-state index contributed by atoms with van der Waals surface area (Å²) >= 11 is 0. The van der Waals surface area contributed by atoms with Gasteiger partial charge in [0.2, 0.25) is 11.8 Å². The third kappa shape index (κ3) is 1.16.